The van der Waals surface area contributed by atoms with Crippen molar-refractivity contribution < 1.29 is 5.11 Å². The molecule has 0 bridgehead atoms. The Balaban J connectivity index is 3.63. The fraction of sp³-hybridized carbons (Fsp3) is 1.00. The van der Waals surface area contributed by atoms with Gasteiger partial charge < -0.3 is 5.11 Å². The van der Waals surface area contributed by atoms with Crippen LogP contribution in [0.5, 0.6) is 0 Å². The van der Waals surface area contributed by atoms with E-state index in [-0.39, 0.29) is 0 Å². The molecule has 0 unspecified atom stereocenters. The standard InChI is InChI=1S/C13H28O/c1-6-13(14,7-2)11-9-8-10-12(3,4)5/h14H,6-11H2,1-5H3. The Hall–Kier alpha value is -0.0400. The van der Waals surface area contributed by atoms with Crippen molar-refractivity contribution in [2.75, 3.05) is 0 Å². The van der Waals surface area contributed by atoms with Gasteiger partial charge in [0.15, 0.2) is 0 Å². The van der Waals surface area contributed by atoms with Crippen molar-refractivity contribution in [2.45, 2.75) is 78.7 Å². The minimum Gasteiger partial charge on any atom is -0.390 e. The van der Waals surface area contributed by atoms with Crippen LogP contribution in [0.15, 0.2) is 0 Å². The lowest BCUT2D eigenvalue weighted by Gasteiger charge is -2.26. The fourth-order valence-electron chi connectivity index (χ4n) is 1.71. The Bertz CT molecular complexity index is 140. The van der Waals surface area contributed by atoms with Gasteiger partial charge in [0.05, 0.1) is 5.60 Å². The minimum absolute atomic E-state index is 0.391. The molecule has 0 aromatic heterocycles. The second-order valence-corrected chi connectivity index (χ2v) is 5.70. The minimum atomic E-state index is -0.391. The van der Waals surface area contributed by atoms with Gasteiger partial charge in [-0.05, 0) is 31.1 Å². The van der Waals surface area contributed by atoms with Gasteiger partial charge in [-0.1, -0.05) is 47.5 Å². The van der Waals surface area contributed by atoms with Crippen LogP contribution in [0.25, 0.3) is 0 Å². The van der Waals surface area contributed by atoms with E-state index in [0.29, 0.717) is 5.41 Å². The van der Waals surface area contributed by atoms with Gasteiger partial charge in [-0.25, -0.2) is 0 Å². The van der Waals surface area contributed by atoms with Crippen molar-refractivity contribution in [1.82, 2.24) is 0 Å². The monoisotopic (exact) mass is 200 g/mol. The summed E-state index contributed by atoms with van der Waals surface area (Å²) in [5, 5.41) is 10.1. The molecule has 14 heavy (non-hydrogen) atoms. The lowest BCUT2D eigenvalue weighted by atomic mass is 9.86. The summed E-state index contributed by atoms with van der Waals surface area (Å²) in [6, 6.07) is 0. The van der Waals surface area contributed by atoms with Gasteiger partial charge in [0.1, 0.15) is 0 Å². The van der Waals surface area contributed by atoms with Crippen molar-refractivity contribution >= 4 is 0 Å². The van der Waals surface area contributed by atoms with Crippen molar-refractivity contribution in [2.24, 2.45) is 5.41 Å². The zero-order chi connectivity index (χ0) is 11.2. The van der Waals surface area contributed by atoms with Crippen LogP contribution < -0.4 is 0 Å². The molecule has 1 N–H and O–H groups in total. The maximum atomic E-state index is 10.1. The second-order valence-electron chi connectivity index (χ2n) is 5.70. The van der Waals surface area contributed by atoms with Gasteiger partial charge in [-0.2, -0.15) is 0 Å². The van der Waals surface area contributed by atoms with E-state index in [4.69, 9.17) is 0 Å². The van der Waals surface area contributed by atoms with Crippen LogP contribution in [-0.4, -0.2) is 10.7 Å². The molecule has 1 heteroatoms. The predicted octanol–water partition coefficient (Wildman–Crippen LogP) is 4.14. The van der Waals surface area contributed by atoms with E-state index in [2.05, 4.69) is 34.6 Å². The molecule has 0 aliphatic rings. The third-order valence-electron chi connectivity index (χ3n) is 3.14. The molecule has 0 heterocycles. The third-order valence-corrected chi connectivity index (χ3v) is 3.14. The molecule has 0 aliphatic carbocycles. The first-order valence-corrected chi connectivity index (χ1v) is 6.05. The number of rotatable bonds is 6. The van der Waals surface area contributed by atoms with E-state index in [0.717, 1.165) is 25.7 Å². The molecule has 0 radical (unpaired) electrons. The molecule has 0 fully saturated rings. The molecule has 0 aromatic carbocycles. The lowest BCUT2D eigenvalue weighted by molar-refractivity contribution is 0.0206. The summed E-state index contributed by atoms with van der Waals surface area (Å²) in [5.41, 5.74) is 0.0500. The van der Waals surface area contributed by atoms with Crippen molar-refractivity contribution in [3.63, 3.8) is 0 Å². The lowest BCUT2D eigenvalue weighted by Crippen LogP contribution is -2.26. The van der Waals surface area contributed by atoms with E-state index in [9.17, 15) is 5.11 Å². The Morgan fingerprint density at radius 2 is 1.29 bits per heavy atom. The number of hydrogen-bond donors (Lipinski definition) is 1. The molecule has 0 aromatic rings. The molecule has 0 saturated heterocycles. The molecule has 0 atom stereocenters. The SMILES string of the molecule is CCC(O)(CC)CCCCC(C)(C)C. The topological polar surface area (TPSA) is 20.2 Å². The molecular weight excluding hydrogens is 172 g/mol. The summed E-state index contributed by atoms with van der Waals surface area (Å²) in [6.07, 6.45) is 6.41. The Morgan fingerprint density at radius 1 is 0.857 bits per heavy atom. The number of aliphatic hydroxyl groups is 1. The Morgan fingerprint density at radius 3 is 1.64 bits per heavy atom. The van der Waals surface area contributed by atoms with Gasteiger partial charge >= 0.3 is 0 Å². The average molecular weight is 200 g/mol. The van der Waals surface area contributed by atoms with Gasteiger partial charge in [0, 0.05) is 0 Å². The quantitative estimate of drug-likeness (QED) is 0.639. The van der Waals surface area contributed by atoms with Crippen LogP contribution in [0.3, 0.4) is 0 Å². The highest BCUT2D eigenvalue weighted by molar-refractivity contribution is 4.75. The molecule has 0 rings (SSSR count). The van der Waals surface area contributed by atoms with Crippen molar-refractivity contribution in [1.29, 1.82) is 0 Å². The molecule has 0 saturated carbocycles. The molecule has 0 spiro atoms. The van der Waals surface area contributed by atoms with Crippen LogP contribution in [-0.2, 0) is 0 Å². The molecule has 0 amide bonds. The smallest absolute Gasteiger partial charge is 0.0642 e. The van der Waals surface area contributed by atoms with Crippen molar-refractivity contribution in [3.05, 3.63) is 0 Å². The highest BCUT2D eigenvalue weighted by Gasteiger charge is 2.21. The summed E-state index contributed by atoms with van der Waals surface area (Å²) in [6.45, 7) is 11.0. The van der Waals surface area contributed by atoms with Crippen LogP contribution in [0.4, 0.5) is 0 Å². The van der Waals surface area contributed by atoms with Gasteiger partial charge in [0.2, 0.25) is 0 Å². The first kappa shape index (κ1) is 14.0. The van der Waals surface area contributed by atoms with Crippen LogP contribution in [0, 0.1) is 5.41 Å². The Kier molecular flexibility index (Phi) is 5.73. The normalized spacial score (nSPS) is 13.3. The predicted molar refractivity (Wildman–Crippen MR) is 63.5 cm³/mol. The molecule has 1 nitrogen and oxygen atoms in total. The van der Waals surface area contributed by atoms with Crippen LogP contribution >= 0.6 is 0 Å². The highest BCUT2D eigenvalue weighted by Crippen LogP contribution is 2.26. The number of hydrogen-bond acceptors (Lipinski definition) is 1. The van der Waals surface area contributed by atoms with E-state index < -0.39 is 5.60 Å². The Labute approximate surface area is 89.9 Å². The average Bonchev–Trinajstić information content (AvgIpc) is 2.11. The number of unbranched alkanes of at least 4 members (excludes halogenated alkanes) is 1. The summed E-state index contributed by atoms with van der Waals surface area (Å²) >= 11 is 0. The summed E-state index contributed by atoms with van der Waals surface area (Å²) in [4.78, 5) is 0. The zero-order valence-corrected chi connectivity index (χ0v) is 10.7. The zero-order valence-electron chi connectivity index (χ0n) is 10.7. The van der Waals surface area contributed by atoms with E-state index in [1.807, 2.05) is 0 Å². The maximum absolute atomic E-state index is 10.1. The summed E-state index contributed by atoms with van der Waals surface area (Å²) < 4.78 is 0. The molecule has 86 valence electrons. The fourth-order valence-corrected chi connectivity index (χ4v) is 1.71. The summed E-state index contributed by atoms with van der Waals surface area (Å²) in [5.74, 6) is 0. The second kappa shape index (κ2) is 5.75. The third kappa shape index (κ3) is 6.42. The maximum Gasteiger partial charge on any atom is 0.0642 e. The first-order chi connectivity index (χ1) is 6.33. The van der Waals surface area contributed by atoms with Crippen LogP contribution in [0.2, 0.25) is 0 Å². The van der Waals surface area contributed by atoms with E-state index in [1.165, 1.54) is 12.8 Å². The highest BCUT2D eigenvalue weighted by atomic mass is 16.3. The van der Waals surface area contributed by atoms with E-state index in [1.54, 1.807) is 0 Å². The van der Waals surface area contributed by atoms with Crippen LogP contribution in [0.1, 0.15) is 73.1 Å². The van der Waals surface area contributed by atoms with Gasteiger partial charge in [-0.3, -0.25) is 0 Å². The van der Waals surface area contributed by atoms with Crippen molar-refractivity contribution in [3.8, 4) is 0 Å². The van der Waals surface area contributed by atoms with Gasteiger partial charge in [0.25, 0.3) is 0 Å². The van der Waals surface area contributed by atoms with E-state index >= 15 is 0 Å². The largest absolute Gasteiger partial charge is 0.390 e. The molecule has 0 aliphatic heterocycles. The summed E-state index contributed by atoms with van der Waals surface area (Å²) in [7, 11) is 0. The van der Waals surface area contributed by atoms with Gasteiger partial charge in [-0.15, -0.1) is 0 Å². The first-order valence-electron chi connectivity index (χ1n) is 6.05. The molecular formula is C13H28O.